The molecule has 5 nitrogen and oxygen atoms in total. The van der Waals surface area contributed by atoms with Crippen LogP contribution in [-0.4, -0.2) is 50.2 Å². The maximum atomic E-state index is 13.9. The van der Waals surface area contributed by atoms with Crippen LogP contribution in [0.5, 0.6) is 0 Å². The Hall–Kier alpha value is -1.76. The van der Waals surface area contributed by atoms with Gasteiger partial charge in [0, 0.05) is 6.54 Å². The molecule has 10 heteroatoms. The summed E-state index contributed by atoms with van der Waals surface area (Å²) >= 11 is 6.19. The summed E-state index contributed by atoms with van der Waals surface area (Å²) in [5.74, 6) is 0. The summed E-state index contributed by atoms with van der Waals surface area (Å²) in [6.45, 7) is 12.3. The van der Waals surface area contributed by atoms with Gasteiger partial charge in [-0.1, -0.05) is 32.4 Å². The molecular weight excluding hydrogens is 447 g/mol. The highest BCUT2D eigenvalue weighted by atomic mass is 35.5. The monoisotopic (exact) mass is 473 g/mol. The molecule has 0 saturated carbocycles. The summed E-state index contributed by atoms with van der Waals surface area (Å²) in [7, 11) is -2.28. The molecule has 0 aliphatic carbocycles. The van der Waals surface area contributed by atoms with Gasteiger partial charge in [-0.15, -0.1) is 0 Å². The Balaban J connectivity index is 1.97. The van der Waals surface area contributed by atoms with Gasteiger partial charge in [-0.2, -0.15) is 23.4 Å². The lowest BCUT2D eigenvalue weighted by Crippen LogP contribution is -2.51. The molecule has 2 heterocycles. The first-order chi connectivity index (χ1) is 14.2. The van der Waals surface area contributed by atoms with E-state index in [4.69, 9.17) is 26.0 Å². The second kappa shape index (κ2) is 7.98. The third kappa shape index (κ3) is 4.43. The second-order valence-electron chi connectivity index (χ2n) is 9.55. The molecule has 0 N–H and O–H groups in total. The van der Waals surface area contributed by atoms with Gasteiger partial charge < -0.3 is 14.1 Å². The molecule has 0 bridgehead atoms. The van der Waals surface area contributed by atoms with Crippen molar-refractivity contribution in [2.24, 2.45) is 4.99 Å². The van der Waals surface area contributed by atoms with E-state index in [1.165, 1.54) is 6.07 Å². The van der Waals surface area contributed by atoms with E-state index < -0.39 is 32.7 Å². The molecule has 2 aliphatic rings. The summed E-state index contributed by atoms with van der Waals surface area (Å²) < 4.78 is 53.4. The zero-order chi connectivity index (χ0) is 23.4. The molecule has 3 atom stereocenters. The largest absolute Gasteiger partial charge is 0.450 e. The van der Waals surface area contributed by atoms with E-state index in [0.29, 0.717) is 24.2 Å². The van der Waals surface area contributed by atoms with Crippen molar-refractivity contribution in [1.82, 2.24) is 4.90 Å². The molecule has 0 spiro atoms. The van der Waals surface area contributed by atoms with Crippen LogP contribution in [0.1, 0.15) is 38.3 Å². The van der Waals surface area contributed by atoms with E-state index in [2.05, 4.69) is 25.8 Å². The van der Waals surface area contributed by atoms with E-state index in [0.717, 1.165) is 0 Å². The second-order valence-corrected chi connectivity index (χ2v) is 14.7. The maximum absolute atomic E-state index is 13.9. The molecule has 2 saturated heterocycles. The van der Waals surface area contributed by atoms with Crippen LogP contribution in [0.4, 0.5) is 18.9 Å². The SMILES string of the molecule is Cc1c(N=C2O[C@H](C(F)(F)F)[C@@H]3[C@H](O[Si](C)(C)C(C)(C)C)CCN23)ccc(C#N)c1Cl. The van der Waals surface area contributed by atoms with E-state index in [1.54, 1.807) is 17.9 Å². The number of ether oxygens (including phenoxy) is 1. The van der Waals surface area contributed by atoms with Crippen molar-refractivity contribution < 1.29 is 22.3 Å². The van der Waals surface area contributed by atoms with Gasteiger partial charge in [-0.25, -0.2) is 0 Å². The van der Waals surface area contributed by atoms with Crippen LogP contribution in [-0.2, 0) is 9.16 Å². The number of amidine groups is 1. The summed E-state index contributed by atoms with van der Waals surface area (Å²) in [4.78, 5) is 5.92. The molecule has 0 unspecified atom stereocenters. The first-order valence-corrected chi connectivity index (χ1v) is 13.4. The van der Waals surface area contributed by atoms with Gasteiger partial charge in [0.25, 0.3) is 6.02 Å². The maximum Gasteiger partial charge on any atom is 0.427 e. The zero-order valence-electron chi connectivity index (χ0n) is 18.5. The third-order valence-corrected chi connectivity index (χ3v) is 11.4. The number of benzene rings is 1. The smallest absolute Gasteiger partial charge is 0.427 e. The molecule has 3 rings (SSSR count). The van der Waals surface area contributed by atoms with Crippen molar-refractivity contribution in [3.05, 3.63) is 28.3 Å². The molecule has 2 fully saturated rings. The van der Waals surface area contributed by atoms with Crippen molar-refractivity contribution in [3.63, 3.8) is 0 Å². The minimum atomic E-state index is -4.56. The van der Waals surface area contributed by atoms with E-state index in [1.807, 2.05) is 19.2 Å². The molecule has 1 aromatic rings. The summed E-state index contributed by atoms with van der Waals surface area (Å²) in [5.41, 5.74) is 1.16. The lowest BCUT2D eigenvalue weighted by atomic mass is 10.1. The minimum Gasteiger partial charge on any atom is -0.450 e. The standard InChI is InChI=1S/C21H27ClF3N3O2Si/c1-12-14(8-7-13(11-26)16(12)22)27-19-28-10-9-15(30-31(5,6)20(2,3)4)17(28)18(29-19)21(23,24)25/h7-8,15,17-18H,9-10H2,1-6H3/t15-,17+,18+/m1/s1. The highest BCUT2D eigenvalue weighted by molar-refractivity contribution is 6.74. The number of alkyl halides is 3. The van der Waals surface area contributed by atoms with Crippen LogP contribution in [0, 0.1) is 18.3 Å². The topological polar surface area (TPSA) is 57.9 Å². The first-order valence-electron chi connectivity index (χ1n) is 10.1. The average molecular weight is 474 g/mol. The molecule has 1 aromatic carbocycles. The van der Waals surface area contributed by atoms with Crippen LogP contribution in [0.3, 0.4) is 0 Å². The van der Waals surface area contributed by atoms with Gasteiger partial charge >= 0.3 is 6.18 Å². The normalized spacial score (nSPS) is 25.5. The quantitative estimate of drug-likeness (QED) is 0.510. The van der Waals surface area contributed by atoms with E-state index in [9.17, 15) is 13.2 Å². The summed E-state index contributed by atoms with van der Waals surface area (Å²) in [5, 5.41) is 9.21. The number of fused-ring (bicyclic) bond motifs is 1. The highest BCUT2D eigenvalue weighted by Gasteiger charge is 2.61. The highest BCUT2D eigenvalue weighted by Crippen LogP contribution is 2.44. The number of aliphatic imine (C=N–C) groups is 1. The number of nitriles is 1. The number of hydrogen-bond donors (Lipinski definition) is 0. The fourth-order valence-corrected chi connectivity index (χ4v) is 5.21. The fourth-order valence-electron chi connectivity index (χ4n) is 3.64. The molecule has 0 aromatic heterocycles. The molecule has 31 heavy (non-hydrogen) atoms. The van der Waals surface area contributed by atoms with Crippen LogP contribution >= 0.6 is 11.6 Å². The zero-order valence-corrected chi connectivity index (χ0v) is 20.2. The van der Waals surface area contributed by atoms with Crippen molar-refractivity contribution in [1.29, 1.82) is 5.26 Å². The van der Waals surface area contributed by atoms with Gasteiger partial charge in [0.2, 0.25) is 6.10 Å². The van der Waals surface area contributed by atoms with Crippen molar-refractivity contribution in [3.8, 4) is 6.07 Å². The molecule has 0 amide bonds. The van der Waals surface area contributed by atoms with Crippen LogP contribution in [0.15, 0.2) is 17.1 Å². The molecule has 0 radical (unpaired) electrons. The summed E-state index contributed by atoms with van der Waals surface area (Å²) in [6, 6.07) is 3.96. The molecule has 2 aliphatic heterocycles. The average Bonchev–Trinajstić information content (AvgIpc) is 3.19. The first kappa shape index (κ1) is 23.9. The Morgan fingerprint density at radius 3 is 2.48 bits per heavy atom. The van der Waals surface area contributed by atoms with Gasteiger partial charge in [0.15, 0.2) is 8.32 Å². The Kier molecular flexibility index (Phi) is 6.15. The predicted octanol–water partition coefficient (Wildman–Crippen LogP) is 5.93. The minimum absolute atomic E-state index is 0.0856. The Morgan fingerprint density at radius 2 is 1.94 bits per heavy atom. The van der Waals surface area contributed by atoms with Crippen molar-refractivity contribution >= 4 is 31.6 Å². The lowest BCUT2D eigenvalue weighted by Gasteiger charge is -2.40. The Morgan fingerprint density at radius 1 is 1.29 bits per heavy atom. The predicted molar refractivity (Wildman–Crippen MR) is 116 cm³/mol. The van der Waals surface area contributed by atoms with Crippen molar-refractivity contribution in [2.75, 3.05) is 6.54 Å². The van der Waals surface area contributed by atoms with Gasteiger partial charge in [0.05, 0.1) is 22.4 Å². The van der Waals surface area contributed by atoms with E-state index >= 15 is 0 Å². The Labute approximate surface area is 186 Å². The molecule has 170 valence electrons. The number of halogens is 4. The number of hydrogen-bond acceptors (Lipinski definition) is 4. The lowest BCUT2D eigenvalue weighted by molar-refractivity contribution is -0.203. The number of rotatable bonds is 3. The van der Waals surface area contributed by atoms with Crippen LogP contribution in [0.2, 0.25) is 23.2 Å². The van der Waals surface area contributed by atoms with E-state index in [-0.39, 0.29) is 21.6 Å². The number of nitrogens with zero attached hydrogens (tertiary/aromatic N) is 3. The third-order valence-electron chi connectivity index (χ3n) is 6.45. The van der Waals surface area contributed by atoms with Gasteiger partial charge in [-0.3, -0.25) is 0 Å². The van der Waals surface area contributed by atoms with Crippen LogP contribution < -0.4 is 0 Å². The van der Waals surface area contributed by atoms with Gasteiger partial charge in [0.1, 0.15) is 12.1 Å². The van der Waals surface area contributed by atoms with Crippen LogP contribution in [0.25, 0.3) is 0 Å². The van der Waals surface area contributed by atoms with Gasteiger partial charge in [-0.05, 0) is 49.2 Å². The summed E-state index contributed by atoms with van der Waals surface area (Å²) in [6.07, 6.45) is -6.69. The Bertz CT molecular complexity index is 938. The van der Waals surface area contributed by atoms with Crippen molar-refractivity contribution in [2.45, 2.75) is 76.7 Å². The molecular formula is C21H27ClF3N3O2Si. The fraction of sp³-hybridized carbons (Fsp3) is 0.619.